The molecule has 0 radical (unpaired) electrons. The van der Waals surface area contributed by atoms with E-state index in [1.807, 2.05) is 12.1 Å². The van der Waals surface area contributed by atoms with Gasteiger partial charge in [-0.15, -0.1) is 5.73 Å². The molecule has 0 saturated heterocycles. The number of aliphatic hydroxyl groups is 1. The number of nitrogens with one attached hydrogen (secondary N) is 2. The summed E-state index contributed by atoms with van der Waals surface area (Å²) in [5.41, 5.74) is 7.42. The van der Waals surface area contributed by atoms with Gasteiger partial charge in [0.15, 0.2) is 0 Å². The Morgan fingerprint density at radius 2 is 1.93 bits per heavy atom. The largest absolute Gasteiger partial charge is 0.396 e. The van der Waals surface area contributed by atoms with E-state index < -0.39 is 0 Å². The van der Waals surface area contributed by atoms with Crippen LogP contribution in [0.2, 0.25) is 5.02 Å². The number of aryl methyl sites for hydroxylation is 1. The summed E-state index contributed by atoms with van der Waals surface area (Å²) in [6, 6.07) is 5.67. The summed E-state index contributed by atoms with van der Waals surface area (Å²) in [6.45, 7) is 8.79. The Labute approximate surface area is 181 Å². The summed E-state index contributed by atoms with van der Waals surface area (Å²) >= 11 is 6.28. The lowest BCUT2D eigenvalue weighted by atomic mass is 10.1. The lowest BCUT2D eigenvalue weighted by Gasteiger charge is -2.10. The maximum absolute atomic E-state index is 12.7. The molecule has 1 aromatic rings. The molecule has 1 aromatic carbocycles. The molecule has 0 bridgehead atoms. The number of unbranched alkanes of at least 4 members (excludes halogenated alkanes) is 1. The van der Waals surface area contributed by atoms with Crippen LogP contribution in [0, 0.1) is 0 Å². The van der Waals surface area contributed by atoms with Gasteiger partial charge < -0.3 is 15.7 Å². The maximum Gasteiger partial charge on any atom is 0.253 e. The van der Waals surface area contributed by atoms with Gasteiger partial charge >= 0.3 is 0 Å². The summed E-state index contributed by atoms with van der Waals surface area (Å²) in [5, 5.41) is 15.6. The number of hydrogen-bond acceptors (Lipinski definition) is 3. The Morgan fingerprint density at radius 3 is 2.62 bits per heavy atom. The second-order valence-corrected chi connectivity index (χ2v) is 7.80. The van der Waals surface area contributed by atoms with Crippen LogP contribution in [0.5, 0.6) is 0 Å². The first kappa shape index (κ1) is 25.5. The fourth-order valence-corrected chi connectivity index (χ4v) is 3.20. The monoisotopic (exact) mass is 420 g/mol. The van der Waals surface area contributed by atoms with Gasteiger partial charge in [0.25, 0.3) is 5.91 Å². The van der Waals surface area contributed by atoms with Crippen molar-refractivity contribution in [2.24, 2.45) is 0 Å². The third-order valence-corrected chi connectivity index (χ3v) is 5.12. The third kappa shape index (κ3) is 10.7. The van der Waals surface area contributed by atoms with E-state index >= 15 is 0 Å². The smallest absolute Gasteiger partial charge is 0.253 e. The highest BCUT2D eigenvalue weighted by molar-refractivity contribution is 6.33. The van der Waals surface area contributed by atoms with Gasteiger partial charge in [-0.2, -0.15) is 0 Å². The van der Waals surface area contributed by atoms with Crippen LogP contribution < -0.4 is 10.6 Å². The van der Waals surface area contributed by atoms with Crippen molar-refractivity contribution in [3.05, 3.63) is 51.2 Å². The van der Waals surface area contributed by atoms with Crippen molar-refractivity contribution in [2.75, 3.05) is 26.2 Å². The Balaban J connectivity index is 2.65. The van der Waals surface area contributed by atoms with Gasteiger partial charge in [-0.05, 0) is 87.4 Å². The highest BCUT2D eigenvalue weighted by atomic mass is 35.5. The normalized spacial score (nSPS) is 10.5. The summed E-state index contributed by atoms with van der Waals surface area (Å²) < 4.78 is 0. The van der Waals surface area contributed by atoms with Crippen LogP contribution in [0.3, 0.4) is 0 Å². The van der Waals surface area contributed by atoms with Gasteiger partial charge in [0.2, 0.25) is 0 Å². The van der Waals surface area contributed by atoms with Crippen molar-refractivity contribution in [1.82, 2.24) is 10.6 Å². The molecule has 0 fully saturated rings. The van der Waals surface area contributed by atoms with Crippen LogP contribution in [0.4, 0.5) is 0 Å². The molecule has 0 saturated carbocycles. The molecule has 0 spiro atoms. The Kier molecular flexibility index (Phi) is 13.4. The first-order chi connectivity index (χ1) is 14.0. The quantitative estimate of drug-likeness (QED) is 0.291. The minimum Gasteiger partial charge on any atom is -0.396 e. The Morgan fingerprint density at radius 1 is 1.17 bits per heavy atom. The number of aliphatic hydroxyl groups excluding tert-OH is 1. The third-order valence-electron chi connectivity index (χ3n) is 4.79. The predicted molar refractivity (Wildman–Crippen MR) is 123 cm³/mol. The van der Waals surface area contributed by atoms with Gasteiger partial charge in [-0.3, -0.25) is 4.79 Å². The summed E-state index contributed by atoms with van der Waals surface area (Å²) in [4.78, 5) is 12.7. The molecule has 5 heteroatoms. The van der Waals surface area contributed by atoms with E-state index in [2.05, 4.69) is 37.1 Å². The van der Waals surface area contributed by atoms with Gasteiger partial charge in [-0.25, -0.2) is 0 Å². The van der Waals surface area contributed by atoms with E-state index in [0.29, 0.717) is 17.1 Å². The number of carbonyl (C=O) groups excluding carboxylic acids is 1. The topological polar surface area (TPSA) is 61.4 Å². The fourth-order valence-electron chi connectivity index (χ4n) is 2.99. The predicted octanol–water partition coefficient (Wildman–Crippen LogP) is 5.05. The van der Waals surface area contributed by atoms with Gasteiger partial charge in [0, 0.05) is 13.2 Å². The van der Waals surface area contributed by atoms with E-state index in [1.165, 1.54) is 18.4 Å². The maximum atomic E-state index is 12.7. The zero-order valence-corrected chi connectivity index (χ0v) is 19.0. The Hall–Kier alpha value is -1.58. The first-order valence-corrected chi connectivity index (χ1v) is 11.2. The summed E-state index contributed by atoms with van der Waals surface area (Å²) in [5.74, 6) is -0.142. The van der Waals surface area contributed by atoms with Crippen LogP contribution in [0.15, 0.2) is 35.1 Å². The van der Waals surface area contributed by atoms with Gasteiger partial charge in [0.05, 0.1) is 10.6 Å². The van der Waals surface area contributed by atoms with E-state index in [-0.39, 0.29) is 12.5 Å². The number of rotatable bonds is 14. The van der Waals surface area contributed by atoms with Crippen molar-refractivity contribution >= 4 is 17.5 Å². The highest BCUT2D eigenvalue weighted by Crippen LogP contribution is 2.19. The molecule has 0 heterocycles. The Bertz CT molecular complexity index is 694. The van der Waals surface area contributed by atoms with Crippen molar-refractivity contribution in [1.29, 1.82) is 0 Å². The standard InChI is InChI=1S/C24H37ClN2O2/c1-4-6-9-19(3)16-20(5-2)18-27-24(29)22-17-21(11-12-23(22)25)10-7-13-26-14-8-15-28/h11-12,17,26,28H,4-10,13-15,18H2,1-3H3,(H,27,29). The molecule has 0 aromatic heterocycles. The SMILES string of the molecule is CCCCC(C)=C=C(CC)CNC(=O)c1cc(CCCNCCCO)ccc1Cl. The van der Waals surface area contributed by atoms with Crippen LogP contribution in [-0.2, 0) is 6.42 Å². The second kappa shape index (κ2) is 15.3. The minimum atomic E-state index is -0.142. The van der Waals surface area contributed by atoms with E-state index in [0.717, 1.165) is 56.3 Å². The van der Waals surface area contributed by atoms with Gasteiger partial charge in [-0.1, -0.05) is 37.9 Å². The van der Waals surface area contributed by atoms with Crippen LogP contribution in [0.25, 0.3) is 0 Å². The molecule has 162 valence electrons. The zero-order chi connectivity index (χ0) is 21.5. The lowest BCUT2D eigenvalue weighted by molar-refractivity contribution is 0.0957. The van der Waals surface area contributed by atoms with Crippen LogP contribution >= 0.6 is 11.6 Å². The number of amides is 1. The molecule has 0 aliphatic carbocycles. The molecule has 29 heavy (non-hydrogen) atoms. The first-order valence-electron chi connectivity index (χ1n) is 10.8. The van der Waals surface area contributed by atoms with E-state index in [9.17, 15) is 4.79 Å². The van der Waals surface area contributed by atoms with Crippen molar-refractivity contribution in [3.63, 3.8) is 0 Å². The van der Waals surface area contributed by atoms with E-state index in [1.54, 1.807) is 6.07 Å². The molecular weight excluding hydrogens is 384 g/mol. The molecule has 3 N–H and O–H groups in total. The van der Waals surface area contributed by atoms with Crippen molar-refractivity contribution in [3.8, 4) is 0 Å². The number of carbonyl (C=O) groups is 1. The molecule has 0 unspecified atom stereocenters. The van der Waals surface area contributed by atoms with Crippen molar-refractivity contribution in [2.45, 2.75) is 65.7 Å². The number of benzene rings is 1. The zero-order valence-electron chi connectivity index (χ0n) is 18.2. The van der Waals surface area contributed by atoms with Crippen LogP contribution in [0.1, 0.15) is 75.2 Å². The molecule has 1 amide bonds. The molecule has 0 aliphatic rings. The lowest BCUT2D eigenvalue weighted by Crippen LogP contribution is -2.26. The molecule has 4 nitrogen and oxygen atoms in total. The molecule has 0 atom stereocenters. The second-order valence-electron chi connectivity index (χ2n) is 7.39. The average molecular weight is 421 g/mol. The molecular formula is C24H37ClN2O2. The fraction of sp³-hybridized carbons (Fsp3) is 0.583. The molecule has 0 aliphatic heterocycles. The van der Waals surface area contributed by atoms with Crippen LogP contribution in [-0.4, -0.2) is 37.3 Å². The number of halogens is 1. The van der Waals surface area contributed by atoms with Crippen molar-refractivity contribution < 1.29 is 9.90 Å². The summed E-state index contributed by atoms with van der Waals surface area (Å²) in [6.07, 6.45) is 6.87. The highest BCUT2D eigenvalue weighted by Gasteiger charge is 2.11. The van der Waals surface area contributed by atoms with Gasteiger partial charge in [0.1, 0.15) is 0 Å². The number of hydrogen-bond donors (Lipinski definition) is 3. The minimum absolute atomic E-state index is 0.142. The van der Waals surface area contributed by atoms with E-state index in [4.69, 9.17) is 16.7 Å². The summed E-state index contributed by atoms with van der Waals surface area (Å²) in [7, 11) is 0. The molecule has 1 rings (SSSR count). The average Bonchev–Trinajstić information content (AvgIpc) is 2.72.